The molecule has 0 bridgehead atoms. The normalized spacial score (nSPS) is 17.2. The van der Waals surface area contributed by atoms with E-state index in [2.05, 4.69) is 0 Å². The van der Waals surface area contributed by atoms with Gasteiger partial charge in [-0.2, -0.15) is 0 Å². The Morgan fingerprint density at radius 2 is 1.90 bits per heavy atom. The molecule has 120 valence electrons. The molecule has 0 radical (unpaired) electrons. The number of likely N-dealkylation sites (tertiary alicyclic amines) is 1. The third-order valence-electron chi connectivity index (χ3n) is 3.97. The highest BCUT2D eigenvalue weighted by atomic mass is 16.5. The second-order valence-electron chi connectivity index (χ2n) is 5.35. The minimum absolute atomic E-state index is 0.132. The number of ether oxygens (including phenoxy) is 1. The van der Waals surface area contributed by atoms with E-state index in [4.69, 9.17) is 9.84 Å². The molecule has 0 aromatic rings. The molecule has 0 aromatic carbocycles. The smallest absolute Gasteiger partial charge is 0.323 e. The number of nitrogens with zero attached hydrogens (tertiary/aromatic N) is 2. The molecule has 1 N–H and O–H groups in total. The van der Waals surface area contributed by atoms with E-state index in [1.54, 1.807) is 4.90 Å². The van der Waals surface area contributed by atoms with Gasteiger partial charge in [0, 0.05) is 19.1 Å². The molecule has 1 atom stereocenters. The predicted octanol–water partition coefficient (Wildman–Crippen LogP) is 1.18. The zero-order valence-electron chi connectivity index (χ0n) is 12.9. The van der Waals surface area contributed by atoms with Gasteiger partial charge in [0.2, 0.25) is 0 Å². The number of amides is 2. The van der Waals surface area contributed by atoms with Crippen LogP contribution in [-0.4, -0.2) is 65.7 Å². The van der Waals surface area contributed by atoms with Gasteiger partial charge < -0.3 is 19.6 Å². The summed E-state index contributed by atoms with van der Waals surface area (Å²) in [6, 6.07) is -0.401. The molecular formula is C14H24N2O5. The van der Waals surface area contributed by atoms with Gasteiger partial charge in [0.05, 0.1) is 13.0 Å². The van der Waals surface area contributed by atoms with Gasteiger partial charge in [0.25, 0.3) is 0 Å². The van der Waals surface area contributed by atoms with Crippen molar-refractivity contribution < 1.29 is 24.2 Å². The van der Waals surface area contributed by atoms with Crippen molar-refractivity contribution in [3.8, 4) is 0 Å². The number of rotatable bonds is 5. The van der Waals surface area contributed by atoms with Crippen LogP contribution in [0.15, 0.2) is 0 Å². The second-order valence-corrected chi connectivity index (χ2v) is 5.35. The molecule has 1 aliphatic heterocycles. The Morgan fingerprint density at radius 3 is 2.33 bits per heavy atom. The van der Waals surface area contributed by atoms with Crippen molar-refractivity contribution in [2.24, 2.45) is 5.92 Å². The molecule has 7 heteroatoms. The maximum atomic E-state index is 12.5. The van der Waals surface area contributed by atoms with Crippen molar-refractivity contribution in [3.63, 3.8) is 0 Å². The minimum Gasteiger partial charge on any atom is -0.480 e. The number of carboxylic acids is 1. The van der Waals surface area contributed by atoms with Crippen molar-refractivity contribution in [2.45, 2.75) is 39.2 Å². The van der Waals surface area contributed by atoms with E-state index in [0.29, 0.717) is 32.4 Å². The van der Waals surface area contributed by atoms with Crippen LogP contribution in [0.2, 0.25) is 0 Å². The number of carbonyl (C=O) groups excluding carboxylic acids is 2. The molecule has 1 unspecified atom stereocenters. The van der Waals surface area contributed by atoms with Crippen LogP contribution < -0.4 is 0 Å². The van der Waals surface area contributed by atoms with Crippen LogP contribution in [0.5, 0.6) is 0 Å². The Kier molecular flexibility index (Phi) is 6.45. The largest absolute Gasteiger partial charge is 0.480 e. The molecule has 0 saturated carbocycles. The topological polar surface area (TPSA) is 87.2 Å². The van der Waals surface area contributed by atoms with E-state index in [-0.39, 0.29) is 30.5 Å². The Morgan fingerprint density at radius 1 is 1.33 bits per heavy atom. The van der Waals surface area contributed by atoms with Gasteiger partial charge in [-0.25, -0.2) is 4.79 Å². The number of urea groups is 1. The van der Waals surface area contributed by atoms with E-state index >= 15 is 0 Å². The first-order valence-electron chi connectivity index (χ1n) is 7.25. The van der Waals surface area contributed by atoms with Gasteiger partial charge in [0.15, 0.2) is 0 Å². The number of carbonyl (C=O) groups is 3. The van der Waals surface area contributed by atoms with Gasteiger partial charge in [-0.05, 0) is 26.2 Å². The van der Waals surface area contributed by atoms with Gasteiger partial charge in [-0.15, -0.1) is 0 Å². The number of hydrogen-bond donors (Lipinski definition) is 1. The van der Waals surface area contributed by atoms with Crippen LogP contribution in [-0.2, 0) is 14.3 Å². The summed E-state index contributed by atoms with van der Waals surface area (Å²) < 4.78 is 4.71. The van der Waals surface area contributed by atoms with E-state index in [0.717, 1.165) is 0 Å². The van der Waals surface area contributed by atoms with Crippen molar-refractivity contribution in [1.82, 2.24) is 9.80 Å². The molecule has 7 nitrogen and oxygen atoms in total. The molecule has 1 heterocycles. The number of esters is 1. The first kappa shape index (κ1) is 17.3. The summed E-state index contributed by atoms with van der Waals surface area (Å²) in [6.45, 7) is 4.35. The fourth-order valence-electron chi connectivity index (χ4n) is 2.43. The average molecular weight is 300 g/mol. The molecule has 1 saturated heterocycles. The number of carboxylic acid groups (broad SMARTS) is 1. The summed E-state index contributed by atoms with van der Waals surface area (Å²) in [5.74, 6) is -1.44. The molecule has 0 spiro atoms. The first-order chi connectivity index (χ1) is 9.90. The Hall–Kier alpha value is -1.79. The molecule has 1 rings (SSSR count). The second kappa shape index (κ2) is 7.85. The van der Waals surface area contributed by atoms with Gasteiger partial charge in [0.1, 0.15) is 6.54 Å². The van der Waals surface area contributed by atoms with E-state index in [1.807, 2.05) is 13.8 Å². The summed E-state index contributed by atoms with van der Waals surface area (Å²) in [5, 5.41) is 8.95. The SMILES string of the molecule is CCC(C)N(CC(=O)O)C(=O)N1CCC(C(=O)OC)CC1. The third kappa shape index (κ3) is 4.61. The van der Waals surface area contributed by atoms with E-state index in [1.165, 1.54) is 12.0 Å². The summed E-state index contributed by atoms with van der Waals surface area (Å²) in [5.41, 5.74) is 0. The van der Waals surface area contributed by atoms with Crippen molar-refractivity contribution in [1.29, 1.82) is 0 Å². The standard InChI is InChI=1S/C14H24N2O5/c1-4-10(2)16(9-12(17)18)14(20)15-7-5-11(6-8-15)13(19)21-3/h10-11H,4-9H2,1-3H3,(H,17,18). The number of methoxy groups -OCH3 is 1. The van der Waals surface area contributed by atoms with Crippen LogP contribution in [0.3, 0.4) is 0 Å². The maximum Gasteiger partial charge on any atom is 0.323 e. The summed E-state index contributed by atoms with van der Waals surface area (Å²) in [6.07, 6.45) is 1.80. The van der Waals surface area contributed by atoms with Crippen LogP contribution in [0.1, 0.15) is 33.1 Å². The lowest BCUT2D eigenvalue weighted by atomic mass is 9.97. The highest BCUT2D eigenvalue weighted by Gasteiger charge is 2.31. The zero-order chi connectivity index (χ0) is 16.0. The third-order valence-corrected chi connectivity index (χ3v) is 3.97. The quantitative estimate of drug-likeness (QED) is 0.770. The number of piperidine rings is 1. The number of hydrogen-bond acceptors (Lipinski definition) is 4. The molecule has 21 heavy (non-hydrogen) atoms. The lowest BCUT2D eigenvalue weighted by Gasteiger charge is -2.36. The Bertz CT molecular complexity index is 391. The molecule has 0 aromatic heterocycles. The summed E-state index contributed by atoms with van der Waals surface area (Å²) >= 11 is 0. The highest BCUT2D eigenvalue weighted by molar-refractivity contribution is 5.81. The van der Waals surface area contributed by atoms with Crippen molar-refractivity contribution >= 4 is 18.0 Å². The van der Waals surface area contributed by atoms with Crippen LogP contribution >= 0.6 is 0 Å². The minimum atomic E-state index is -1.02. The van der Waals surface area contributed by atoms with Crippen LogP contribution in [0.4, 0.5) is 4.79 Å². The Balaban J connectivity index is 2.65. The summed E-state index contributed by atoms with van der Waals surface area (Å²) in [7, 11) is 1.36. The molecule has 1 fully saturated rings. The predicted molar refractivity (Wildman–Crippen MR) is 75.8 cm³/mol. The fraction of sp³-hybridized carbons (Fsp3) is 0.786. The fourth-order valence-corrected chi connectivity index (χ4v) is 2.43. The molecule has 1 aliphatic rings. The monoisotopic (exact) mass is 300 g/mol. The van der Waals surface area contributed by atoms with Crippen molar-refractivity contribution in [3.05, 3.63) is 0 Å². The lowest BCUT2D eigenvalue weighted by Crippen LogP contribution is -2.51. The Labute approximate surface area is 124 Å². The highest BCUT2D eigenvalue weighted by Crippen LogP contribution is 2.20. The molecular weight excluding hydrogens is 276 g/mol. The van der Waals surface area contributed by atoms with Gasteiger partial charge in [-0.3, -0.25) is 9.59 Å². The van der Waals surface area contributed by atoms with Crippen LogP contribution in [0.25, 0.3) is 0 Å². The number of aliphatic carboxylic acids is 1. The van der Waals surface area contributed by atoms with Crippen molar-refractivity contribution in [2.75, 3.05) is 26.7 Å². The molecule has 0 aliphatic carbocycles. The lowest BCUT2D eigenvalue weighted by molar-refractivity contribution is -0.146. The van der Waals surface area contributed by atoms with Crippen LogP contribution in [0, 0.1) is 5.92 Å². The first-order valence-corrected chi connectivity index (χ1v) is 7.25. The van der Waals surface area contributed by atoms with Gasteiger partial charge >= 0.3 is 18.0 Å². The van der Waals surface area contributed by atoms with Gasteiger partial charge in [-0.1, -0.05) is 6.92 Å². The van der Waals surface area contributed by atoms with E-state index in [9.17, 15) is 14.4 Å². The molecule has 2 amide bonds. The summed E-state index contributed by atoms with van der Waals surface area (Å²) in [4.78, 5) is 37.8. The van der Waals surface area contributed by atoms with E-state index < -0.39 is 5.97 Å². The zero-order valence-corrected chi connectivity index (χ0v) is 12.9. The maximum absolute atomic E-state index is 12.5. The average Bonchev–Trinajstić information content (AvgIpc) is 2.50.